The van der Waals surface area contributed by atoms with Gasteiger partial charge >= 0.3 is 11.4 Å². The molecule has 1 atom stereocenters. The fraction of sp³-hybridized carbons (Fsp3) is 0.111. The van der Waals surface area contributed by atoms with E-state index in [1.807, 2.05) is 48.5 Å². The first-order valence-electron chi connectivity index (χ1n) is 11.7. The number of phenolic OH excluding ortho intramolecular Hbond substituents is 1. The number of allylic oxidation sites excluding steroid dienone is 1. The summed E-state index contributed by atoms with van der Waals surface area (Å²) in [5, 5.41) is 32.8. The number of nitrogens with zero attached hydrogens (tertiary/aromatic N) is 4. The van der Waals surface area contributed by atoms with E-state index in [0.29, 0.717) is 4.80 Å². The van der Waals surface area contributed by atoms with Gasteiger partial charge in [-0.05, 0) is 41.2 Å². The molecule has 0 spiro atoms. The number of thiazole rings is 1. The van der Waals surface area contributed by atoms with Crippen LogP contribution in [0.25, 0.3) is 11.8 Å². The van der Waals surface area contributed by atoms with Gasteiger partial charge in [-0.25, -0.2) is 4.99 Å². The average Bonchev–Trinajstić information content (AvgIpc) is 3.22. The predicted octanol–water partition coefficient (Wildman–Crippen LogP) is 3.84. The van der Waals surface area contributed by atoms with Crippen molar-refractivity contribution in [1.82, 2.24) is 4.57 Å². The van der Waals surface area contributed by atoms with Crippen LogP contribution in [0.15, 0.2) is 82.1 Å². The van der Waals surface area contributed by atoms with Crippen LogP contribution in [0.2, 0.25) is 0 Å². The zero-order valence-corrected chi connectivity index (χ0v) is 20.4. The van der Waals surface area contributed by atoms with Crippen molar-refractivity contribution in [3.8, 4) is 5.75 Å². The van der Waals surface area contributed by atoms with Gasteiger partial charge < -0.3 is 5.11 Å². The van der Waals surface area contributed by atoms with Crippen molar-refractivity contribution in [3.05, 3.63) is 134 Å². The average molecular weight is 527 g/mol. The Hall–Kier alpha value is -4.90. The number of aromatic nitrogens is 1. The third kappa shape index (κ3) is 3.71. The summed E-state index contributed by atoms with van der Waals surface area (Å²) in [6.07, 6.45) is 2.91. The van der Waals surface area contributed by atoms with Crippen LogP contribution in [0.1, 0.15) is 34.7 Å². The number of fused-ring (bicyclic) bond motifs is 3. The second-order valence-corrected chi connectivity index (χ2v) is 9.96. The fourth-order valence-corrected chi connectivity index (χ4v) is 6.10. The molecule has 1 aliphatic carbocycles. The van der Waals surface area contributed by atoms with E-state index >= 15 is 0 Å². The van der Waals surface area contributed by atoms with E-state index in [1.54, 1.807) is 4.57 Å². The molecule has 188 valence electrons. The van der Waals surface area contributed by atoms with E-state index in [0.717, 1.165) is 58.7 Å². The Morgan fingerprint density at radius 1 is 0.974 bits per heavy atom. The molecule has 1 aliphatic heterocycles. The monoisotopic (exact) mass is 526 g/mol. The molecule has 6 rings (SSSR count). The molecule has 0 unspecified atom stereocenters. The molecular formula is C27H18N4O6S. The molecule has 2 heterocycles. The van der Waals surface area contributed by atoms with E-state index in [-0.39, 0.29) is 21.7 Å². The molecule has 3 aromatic carbocycles. The van der Waals surface area contributed by atoms with E-state index in [9.17, 15) is 30.1 Å². The molecule has 38 heavy (non-hydrogen) atoms. The highest BCUT2D eigenvalue weighted by Gasteiger charge is 2.32. The van der Waals surface area contributed by atoms with Crippen molar-refractivity contribution in [1.29, 1.82) is 0 Å². The largest absolute Gasteiger partial charge is 0.497 e. The zero-order valence-electron chi connectivity index (χ0n) is 19.6. The Labute approximate surface area is 218 Å². The molecule has 2 aliphatic rings. The topological polar surface area (TPSA) is 141 Å². The van der Waals surface area contributed by atoms with Crippen molar-refractivity contribution in [2.24, 2.45) is 4.99 Å². The maximum absolute atomic E-state index is 13.8. The number of aromatic hydroxyl groups is 1. The normalized spacial score (nSPS) is 16.3. The van der Waals surface area contributed by atoms with Crippen LogP contribution in [0.3, 0.4) is 0 Å². The van der Waals surface area contributed by atoms with Gasteiger partial charge in [0.15, 0.2) is 4.80 Å². The van der Waals surface area contributed by atoms with Crippen molar-refractivity contribution in [2.45, 2.75) is 18.9 Å². The fourth-order valence-electron chi connectivity index (χ4n) is 5.10. The molecule has 0 radical (unpaired) electrons. The van der Waals surface area contributed by atoms with Gasteiger partial charge in [0.25, 0.3) is 11.3 Å². The van der Waals surface area contributed by atoms with Crippen LogP contribution < -0.4 is 14.9 Å². The molecule has 10 nitrogen and oxygen atoms in total. The van der Waals surface area contributed by atoms with E-state index in [4.69, 9.17) is 4.99 Å². The number of aryl methyl sites for hydroxylation is 1. The molecule has 0 saturated heterocycles. The number of benzene rings is 3. The minimum absolute atomic E-state index is 0.0526. The Balaban J connectivity index is 1.61. The summed E-state index contributed by atoms with van der Waals surface area (Å²) in [7, 11) is 0. The molecule has 0 amide bonds. The standard InChI is InChI=1S/C27H18N4O6S/c32-25-20(30(34)35)12-15(13-21(25)31(36)37)14-22-26(33)29-24(17-7-2-1-3-8-17)19-11-10-16-6-4-5-9-18(16)23(19)28-27(29)38-22/h1-9,12-14,24,32H,10-11H2/b22-14-/t24-/m1/s1. The van der Waals surface area contributed by atoms with Gasteiger partial charge in [-0.3, -0.25) is 29.6 Å². The summed E-state index contributed by atoms with van der Waals surface area (Å²) < 4.78 is 1.84. The number of nitro benzene ring substituents is 2. The summed E-state index contributed by atoms with van der Waals surface area (Å²) in [5.74, 6) is -1.03. The SMILES string of the molecule is O=c1/c(=C/c2cc([N+](=O)[O-])c(O)c([N+](=O)[O-])c2)sc2n1[C@H](c1ccccc1)C1=C(N=2)c2ccccc2CC1. The lowest BCUT2D eigenvalue weighted by molar-refractivity contribution is -0.396. The van der Waals surface area contributed by atoms with Crippen LogP contribution in [0.5, 0.6) is 5.75 Å². The molecule has 1 aromatic heterocycles. The van der Waals surface area contributed by atoms with Crippen LogP contribution in [-0.4, -0.2) is 19.5 Å². The van der Waals surface area contributed by atoms with Gasteiger partial charge in [0.2, 0.25) is 0 Å². The summed E-state index contributed by atoms with van der Waals surface area (Å²) in [6, 6.07) is 19.3. The third-order valence-electron chi connectivity index (χ3n) is 6.77. The third-order valence-corrected chi connectivity index (χ3v) is 7.75. The second-order valence-electron chi connectivity index (χ2n) is 8.95. The van der Waals surface area contributed by atoms with Crippen molar-refractivity contribution < 1.29 is 15.0 Å². The number of hydrogen-bond donors (Lipinski definition) is 1. The van der Waals surface area contributed by atoms with Crippen molar-refractivity contribution in [2.75, 3.05) is 0 Å². The van der Waals surface area contributed by atoms with E-state index in [2.05, 4.69) is 6.07 Å². The summed E-state index contributed by atoms with van der Waals surface area (Å²) in [5.41, 5.74) is 3.08. The van der Waals surface area contributed by atoms with Gasteiger partial charge in [0.1, 0.15) is 0 Å². The minimum Gasteiger partial charge on any atom is -0.497 e. The summed E-state index contributed by atoms with van der Waals surface area (Å²) >= 11 is 1.11. The van der Waals surface area contributed by atoms with Gasteiger partial charge in [0, 0.05) is 17.7 Å². The summed E-state index contributed by atoms with van der Waals surface area (Å²) in [4.78, 5) is 40.1. The quantitative estimate of drug-likeness (QED) is 0.316. The highest BCUT2D eigenvalue weighted by atomic mass is 32.1. The van der Waals surface area contributed by atoms with Crippen molar-refractivity contribution in [3.63, 3.8) is 0 Å². The van der Waals surface area contributed by atoms with E-state index < -0.39 is 27.0 Å². The maximum Gasteiger partial charge on any atom is 0.318 e. The lowest BCUT2D eigenvalue weighted by Crippen LogP contribution is -2.38. The maximum atomic E-state index is 13.8. The van der Waals surface area contributed by atoms with Crippen LogP contribution in [-0.2, 0) is 6.42 Å². The Morgan fingerprint density at radius 3 is 2.32 bits per heavy atom. The highest BCUT2D eigenvalue weighted by Crippen LogP contribution is 2.41. The molecule has 0 fully saturated rings. The molecular weight excluding hydrogens is 508 g/mol. The Morgan fingerprint density at radius 2 is 1.63 bits per heavy atom. The van der Waals surface area contributed by atoms with Gasteiger partial charge in [-0.1, -0.05) is 65.9 Å². The first-order valence-corrected chi connectivity index (χ1v) is 12.5. The van der Waals surface area contributed by atoms with Crippen LogP contribution >= 0.6 is 11.3 Å². The van der Waals surface area contributed by atoms with Gasteiger partial charge in [0.05, 0.1) is 26.1 Å². The molecule has 1 N–H and O–H groups in total. The number of rotatable bonds is 4. The molecule has 0 saturated carbocycles. The number of hydrogen-bond acceptors (Lipinski definition) is 8. The highest BCUT2D eigenvalue weighted by molar-refractivity contribution is 7.07. The Kier molecular flexibility index (Phi) is 5.50. The van der Waals surface area contributed by atoms with Crippen LogP contribution in [0.4, 0.5) is 11.4 Å². The minimum atomic E-state index is -1.03. The Bertz CT molecular complexity index is 1840. The lowest BCUT2D eigenvalue weighted by atomic mass is 9.83. The van der Waals surface area contributed by atoms with Crippen molar-refractivity contribution >= 4 is 34.5 Å². The number of nitro groups is 2. The molecule has 0 bridgehead atoms. The van der Waals surface area contributed by atoms with E-state index in [1.165, 1.54) is 11.6 Å². The second kappa shape index (κ2) is 8.89. The van der Waals surface area contributed by atoms with Gasteiger partial charge in [-0.15, -0.1) is 0 Å². The smallest absolute Gasteiger partial charge is 0.318 e. The summed E-state index contributed by atoms with van der Waals surface area (Å²) in [6.45, 7) is 0. The van der Waals surface area contributed by atoms with Gasteiger partial charge in [-0.2, -0.15) is 0 Å². The number of phenols is 1. The predicted molar refractivity (Wildman–Crippen MR) is 141 cm³/mol. The first-order chi connectivity index (χ1) is 18.3. The van der Waals surface area contributed by atoms with Crippen LogP contribution in [0, 0.1) is 20.2 Å². The zero-order chi connectivity index (χ0) is 26.6. The lowest BCUT2D eigenvalue weighted by Gasteiger charge is -2.30. The first kappa shape index (κ1) is 23.5. The molecule has 11 heteroatoms. The molecule has 4 aromatic rings.